The van der Waals surface area contributed by atoms with Crippen molar-refractivity contribution in [3.8, 4) is 0 Å². The third kappa shape index (κ3) is 3.59. The third-order valence-electron chi connectivity index (χ3n) is 3.22. The van der Waals surface area contributed by atoms with Gasteiger partial charge in [0.05, 0.1) is 25.2 Å². The standard InChI is InChI=1S/C12H17ClN6O2/c1-9(2)17-7-16(3)12(15-19(20)21)18(8-17)10-4-5-11(13)14-6-10/h4-6,9H,7-8H2,1-3H3. The van der Waals surface area contributed by atoms with Gasteiger partial charge in [-0.15, -0.1) is 0 Å². The molecule has 21 heavy (non-hydrogen) atoms. The van der Waals surface area contributed by atoms with Gasteiger partial charge in [0.15, 0.2) is 5.03 Å². The first-order valence-electron chi connectivity index (χ1n) is 6.45. The highest BCUT2D eigenvalue weighted by atomic mass is 35.5. The maximum Gasteiger partial charge on any atom is 0.280 e. The second kappa shape index (κ2) is 6.23. The van der Waals surface area contributed by atoms with Crippen LogP contribution in [0.2, 0.25) is 5.15 Å². The van der Waals surface area contributed by atoms with Crippen molar-refractivity contribution >= 4 is 23.2 Å². The van der Waals surface area contributed by atoms with Gasteiger partial charge < -0.3 is 4.90 Å². The van der Waals surface area contributed by atoms with Crippen molar-refractivity contribution in [2.75, 3.05) is 25.3 Å². The highest BCUT2D eigenvalue weighted by Gasteiger charge is 2.31. The van der Waals surface area contributed by atoms with E-state index in [0.717, 1.165) is 0 Å². The number of hydrogen-bond acceptors (Lipinski definition) is 4. The Hall–Kier alpha value is -1.93. The lowest BCUT2D eigenvalue weighted by atomic mass is 10.3. The van der Waals surface area contributed by atoms with Crippen LogP contribution in [0.25, 0.3) is 0 Å². The lowest BCUT2D eigenvalue weighted by Crippen LogP contribution is -2.59. The fourth-order valence-corrected chi connectivity index (χ4v) is 2.20. The van der Waals surface area contributed by atoms with Crippen molar-refractivity contribution in [3.05, 3.63) is 33.6 Å². The monoisotopic (exact) mass is 312 g/mol. The van der Waals surface area contributed by atoms with Crippen molar-refractivity contribution < 1.29 is 5.03 Å². The molecule has 1 aliphatic rings. The van der Waals surface area contributed by atoms with Gasteiger partial charge in [-0.1, -0.05) is 11.6 Å². The average molecular weight is 313 g/mol. The quantitative estimate of drug-likeness (QED) is 0.480. The maximum atomic E-state index is 10.8. The number of aromatic nitrogens is 1. The van der Waals surface area contributed by atoms with E-state index < -0.39 is 5.03 Å². The van der Waals surface area contributed by atoms with Gasteiger partial charge in [-0.3, -0.25) is 9.80 Å². The topological polar surface area (TPSA) is 78.1 Å². The number of hydrazone groups is 1. The summed E-state index contributed by atoms with van der Waals surface area (Å²) < 4.78 is 0. The summed E-state index contributed by atoms with van der Waals surface area (Å²) in [5.41, 5.74) is 0.706. The van der Waals surface area contributed by atoms with E-state index in [1.807, 2.05) is 0 Å². The number of nitrogens with zero attached hydrogens (tertiary/aromatic N) is 6. The van der Waals surface area contributed by atoms with Gasteiger partial charge in [0.2, 0.25) is 0 Å². The molecule has 8 nitrogen and oxygen atoms in total. The molecule has 1 fully saturated rings. The van der Waals surface area contributed by atoms with E-state index in [2.05, 4.69) is 28.8 Å². The van der Waals surface area contributed by atoms with E-state index in [-0.39, 0.29) is 5.96 Å². The molecule has 0 atom stereocenters. The molecule has 114 valence electrons. The molecular weight excluding hydrogens is 296 g/mol. The Bertz CT molecular complexity index is 547. The van der Waals surface area contributed by atoms with Gasteiger partial charge in [0.25, 0.3) is 5.96 Å². The van der Waals surface area contributed by atoms with Crippen LogP contribution < -0.4 is 4.90 Å². The van der Waals surface area contributed by atoms with Crippen LogP contribution in [0.5, 0.6) is 0 Å². The van der Waals surface area contributed by atoms with Gasteiger partial charge in [-0.2, -0.15) is 0 Å². The molecule has 1 aliphatic heterocycles. The van der Waals surface area contributed by atoms with Gasteiger partial charge in [-0.05, 0) is 26.0 Å². The Morgan fingerprint density at radius 2 is 2.14 bits per heavy atom. The average Bonchev–Trinajstić information content (AvgIpc) is 2.41. The van der Waals surface area contributed by atoms with E-state index >= 15 is 0 Å². The largest absolute Gasteiger partial charge is 0.327 e. The SMILES string of the molecule is CC(C)N1CN(C)C(=N[N+](=O)[O-])N(c2ccc(Cl)nc2)C1. The third-order valence-corrected chi connectivity index (χ3v) is 3.45. The molecule has 0 unspecified atom stereocenters. The smallest absolute Gasteiger partial charge is 0.280 e. The summed E-state index contributed by atoms with van der Waals surface area (Å²) in [7, 11) is 1.77. The molecule has 0 aromatic carbocycles. The van der Waals surface area contributed by atoms with Crippen LogP contribution in [0.4, 0.5) is 5.69 Å². The first kappa shape index (κ1) is 15.5. The number of anilines is 1. The van der Waals surface area contributed by atoms with Crippen LogP contribution >= 0.6 is 11.6 Å². The normalized spacial score (nSPS) is 18.6. The van der Waals surface area contributed by atoms with Crippen LogP contribution in [-0.2, 0) is 0 Å². The summed E-state index contributed by atoms with van der Waals surface area (Å²) in [6, 6.07) is 3.71. The number of halogens is 1. The molecular formula is C12H17ClN6O2. The van der Waals surface area contributed by atoms with Gasteiger partial charge in [0, 0.05) is 13.1 Å². The van der Waals surface area contributed by atoms with Gasteiger partial charge >= 0.3 is 0 Å². The summed E-state index contributed by atoms with van der Waals surface area (Å²) in [6.45, 7) is 5.21. The number of hydrogen-bond donors (Lipinski definition) is 0. The summed E-state index contributed by atoms with van der Waals surface area (Å²) in [4.78, 5) is 20.4. The number of guanidine groups is 1. The van der Waals surface area contributed by atoms with Crippen molar-refractivity contribution in [2.45, 2.75) is 19.9 Å². The summed E-state index contributed by atoms with van der Waals surface area (Å²) in [5, 5.41) is 14.0. The summed E-state index contributed by atoms with van der Waals surface area (Å²) in [5.74, 6) is 0.279. The Balaban J connectivity index is 2.38. The van der Waals surface area contributed by atoms with Crippen LogP contribution in [0, 0.1) is 10.1 Å². The maximum absolute atomic E-state index is 10.8. The van der Waals surface area contributed by atoms with E-state index in [1.165, 1.54) is 0 Å². The molecule has 1 aromatic heterocycles. The lowest BCUT2D eigenvalue weighted by molar-refractivity contribution is -0.485. The molecule has 0 amide bonds. The molecule has 1 saturated heterocycles. The number of nitro groups is 1. The first-order valence-corrected chi connectivity index (χ1v) is 6.83. The minimum Gasteiger partial charge on any atom is -0.327 e. The van der Waals surface area contributed by atoms with E-state index in [0.29, 0.717) is 30.2 Å². The summed E-state index contributed by atoms with van der Waals surface area (Å²) >= 11 is 5.79. The van der Waals surface area contributed by atoms with Gasteiger partial charge in [-0.25, -0.2) is 15.1 Å². The Morgan fingerprint density at radius 3 is 2.67 bits per heavy atom. The number of rotatable bonds is 3. The fraction of sp³-hybridized carbons (Fsp3) is 0.500. The Kier molecular flexibility index (Phi) is 4.59. The second-order valence-electron chi connectivity index (χ2n) is 5.07. The van der Waals surface area contributed by atoms with Crippen LogP contribution in [-0.4, -0.2) is 52.2 Å². The minimum absolute atomic E-state index is 0.279. The molecule has 9 heteroatoms. The van der Waals surface area contributed by atoms with Crippen molar-refractivity contribution in [1.82, 2.24) is 14.8 Å². The molecule has 0 N–H and O–H groups in total. The predicted molar refractivity (Wildman–Crippen MR) is 80.6 cm³/mol. The predicted octanol–water partition coefficient (Wildman–Crippen LogP) is 1.66. The van der Waals surface area contributed by atoms with Crippen LogP contribution in [0.1, 0.15) is 13.8 Å². The Labute approximate surface area is 127 Å². The fourth-order valence-electron chi connectivity index (χ4n) is 2.09. The van der Waals surface area contributed by atoms with Crippen molar-refractivity contribution in [2.24, 2.45) is 5.10 Å². The molecule has 0 aliphatic carbocycles. The molecule has 0 spiro atoms. The molecule has 2 rings (SSSR count). The van der Waals surface area contributed by atoms with Crippen molar-refractivity contribution in [3.63, 3.8) is 0 Å². The van der Waals surface area contributed by atoms with Crippen LogP contribution in [0.15, 0.2) is 23.4 Å². The zero-order chi connectivity index (χ0) is 15.6. The molecule has 0 bridgehead atoms. The minimum atomic E-state index is -0.687. The molecule has 0 radical (unpaired) electrons. The molecule has 0 saturated carbocycles. The van der Waals surface area contributed by atoms with Crippen molar-refractivity contribution in [1.29, 1.82) is 0 Å². The lowest BCUT2D eigenvalue weighted by Gasteiger charge is -2.43. The van der Waals surface area contributed by atoms with Gasteiger partial charge in [0.1, 0.15) is 10.3 Å². The second-order valence-corrected chi connectivity index (χ2v) is 5.46. The van der Waals surface area contributed by atoms with E-state index in [9.17, 15) is 10.1 Å². The highest BCUT2D eigenvalue weighted by Crippen LogP contribution is 2.21. The van der Waals surface area contributed by atoms with Crippen LogP contribution in [0.3, 0.4) is 0 Å². The number of pyridine rings is 1. The first-order chi connectivity index (χ1) is 9.88. The zero-order valence-corrected chi connectivity index (χ0v) is 12.9. The molecule has 1 aromatic rings. The highest BCUT2D eigenvalue weighted by molar-refractivity contribution is 6.29. The molecule has 2 heterocycles. The summed E-state index contributed by atoms with van der Waals surface area (Å²) in [6.07, 6.45) is 1.58. The van der Waals surface area contributed by atoms with E-state index in [1.54, 1.807) is 35.2 Å². The van der Waals surface area contributed by atoms with E-state index in [4.69, 9.17) is 11.6 Å². The zero-order valence-electron chi connectivity index (χ0n) is 12.1. The Morgan fingerprint density at radius 1 is 1.43 bits per heavy atom.